The molecule has 1 saturated heterocycles. The number of rotatable bonds is 2. The Kier molecular flexibility index (Phi) is 4.71. The highest BCUT2D eigenvalue weighted by atomic mass is 16.6. The summed E-state index contributed by atoms with van der Waals surface area (Å²) in [5.74, 6) is 1.07. The summed E-state index contributed by atoms with van der Waals surface area (Å²) in [7, 11) is 0. The molecule has 5 rings (SSSR count). The zero-order valence-corrected chi connectivity index (χ0v) is 16.4. The van der Waals surface area contributed by atoms with Crippen LogP contribution < -0.4 is 9.47 Å². The van der Waals surface area contributed by atoms with Crippen LogP contribution in [0.1, 0.15) is 10.4 Å². The topological polar surface area (TPSA) is 72.0 Å². The third-order valence-electron chi connectivity index (χ3n) is 5.53. The minimum Gasteiger partial charge on any atom is -0.485 e. The smallest absolute Gasteiger partial charge is 0.267 e. The number of ether oxygens (including phenoxy) is 2. The largest absolute Gasteiger partial charge is 0.485 e. The van der Waals surface area contributed by atoms with Gasteiger partial charge in [0, 0.05) is 37.8 Å². The number of amides is 2. The summed E-state index contributed by atoms with van der Waals surface area (Å²) < 4.78 is 11.5. The molecule has 0 spiro atoms. The summed E-state index contributed by atoms with van der Waals surface area (Å²) in [6, 6.07) is 16.8. The number of nitrogens with zero attached hydrogens (tertiary/aromatic N) is 3. The number of carbonyl (C=O) groups excluding carboxylic acids is 2. The van der Waals surface area contributed by atoms with Crippen molar-refractivity contribution in [1.29, 1.82) is 0 Å². The summed E-state index contributed by atoms with van der Waals surface area (Å²) in [4.78, 5) is 33.9. The lowest BCUT2D eigenvalue weighted by Crippen LogP contribution is -2.55. The molecule has 1 fully saturated rings. The van der Waals surface area contributed by atoms with Crippen molar-refractivity contribution in [2.45, 2.75) is 6.10 Å². The van der Waals surface area contributed by atoms with Crippen LogP contribution in [0.2, 0.25) is 0 Å². The lowest BCUT2D eigenvalue weighted by molar-refractivity contribution is -0.142. The number of benzene rings is 2. The first kappa shape index (κ1) is 18.4. The molecule has 0 radical (unpaired) electrons. The normalized spacial score (nSPS) is 18.3. The number of carbonyl (C=O) groups is 2. The number of para-hydroxylation sites is 3. The first-order chi connectivity index (χ1) is 14.7. The van der Waals surface area contributed by atoms with E-state index in [2.05, 4.69) is 4.98 Å². The third kappa shape index (κ3) is 3.32. The highest BCUT2D eigenvalue weighted by molar-refractivity contribution is 6.05. The van der Waals surface area contributed by atoms with Gasteiger partial charge in [-0.1, -0.05) is 30.3 Å². The number of fused-ring (bicyclic) bond motifs is 2. The Balaban J connectivity index is 1.24. The molecule has 3 heterocycles. The number of hydrogen-bond acceptors (Lipinski definition) is 5. The molecule has 2 amide bonds. The molecule has 1 atom stereocenters. The second-order valence-electron chi connectivity index (χ2n) is 7.36. The van der Waals surface area contributed by atoms with Gasteiger partial charge in [0.05, 0.1) is 11.1 Å². The summed E-state index contributed by atoms with van der Waals surface area (Å²) in [5, 5.41) is 0.937. The number of aromatic nitrogens is 1. The van der Waals surface area contributed by atoms with Gasteiger partial charge in [-0.05, 0) is 24.3 Å². The van der Waals surface area contributed by atoms with Gasteiger partial charge < -0.3 is 19.3 Å². The fraction of sp³-hybridized carbons (Fsp3) is 0.261. The van der Waals surface area contributed by atoms with Crippen LogP contribution in [0.25, 0.3) is 10.9 Å². The molecule has 152 valence electrons. The van der Waals surface area contributed by atoms with E-state index in [0.29, 0.717) is 48.8 Å². The first-order valence-electron chi connectivity index (χ1n) is 10.0. The Morgan fingerprint density at radius 2 is 1.60 bits per heavy atom. The van der Waals surface area contributed by atoms with Crippen molar-refractivity contribution in [2.24, 2.45) is 0 Å². The maximum absolute atomic E-state index is 13.1. The molecule has 2 aliphatic heterocycles. The van der Waals surface area contributed by atoms with Crippen molar-refractivity contribution in [3.8, 4) is 11.5 Å². The molecule has 1 aromatic heterocycles. The Morgan fingerprint density at radius 1 is 0.867 bits per heavy atom. The van der Waals surface area contributed by atoms with Gasteiger partial charge in [-0.2, -0.15) is 0 Å². The summed E-state index contributed by atoms with van der Waals surface area (Å²) in [6.45, 7) is 2.06. The zero-order valence-electron chi connectivity index (χ0n) is 16.4. The van der Waals surface area contributed by atoms with Crippen molar-refractivity contribution >= 4 is 22.7 Å². The molecule has 3 aromatic rings. The van der Waals surface area contributed by atoms with Gasteiger partial charge in [0.1, 0.15) is 6.61 Å². The van der Waals surface area contributed by atoms with Crippen molar-refractivity contribution < 1.29 is 19.1 Å². The maximum Gasteiger partial charge on any atom is 0.267 e. The molecule has 7 nitrogen and oxygen atoms in total. The van der Waals surface area contributed by atoms with E-state index in [1.54, 1.807) is 28.1 Å². The number of hydrogen-bond donors (Lipinski definition) is 0. The average Bonchev–Trinajstić information content (AvgIpc) is 2.82. The van der Waals surface area contributed by atoms with Gasteiger partial charge in [-0.15, -0.1) is 0 Å². The predicted octanol–water partition coefficient (Wildman–Crippen LogP) is 2.36. The monoisotopic (exact) mass is 403 g/mol. The van der Waals surface area contributed by atoms with Crippen LogP contribution in [0.4, 0.5) is 0 Å². The van der Waals surface area contributed by atoms with Gasteiger partial charge >= 0.3 is 0 Å². The van der Waals surface area contributed by atoms with Crippen LogP contribution in [-0.2, 0) is 4.79 Å². The average molecular weight is 403 g/mol. The second-order valence-corrected chi connectivity index (χ2v) is 7.36. The molecule has 2 aliphatic rings. The van der Waals surface area contributed by atoms with E-state index in [1.165, 1.54) is 0 Å². The molecule has 0 bridgehead atoms. The predicted molar refractivity (Wildman–Crippen MR) is 111 cm³/mol. The van der Waals surface area contributed by atoms with Crippen molar-refractivity contribution in [1.82, 2.24) is 14.8 Å². The molecule has 7 heteroatoms. The minimum absolute atomic E-state index is 0.0578. The highest BCUT2D eigenvalue weighted by Gasteiger charge is 2.33. The van der Waals surface area contributed by atoms with Crippen molar-refractivity contribution in [2.75, 3.05) is 32.8 Å². The quantitative estimate of drug-likeness (QED) is 0.657. The molecule has 0 N–H and O–H groups in total. The van der Waals surface area contributed by atoms with Crippen molar-refractivity contribution in [3.63, 3.8) is 0 Å². The Bertz CT molecular complexity index is 1100. The molecule has 1 unspecified atom stereocenters. The van der Waals surface area contributed by atoms with Gasteiger partial charge in [-0.3, -0.25) is 14.6 Å². The highest BCUT2D eigenvalue weighted by Crippen LogP contribution is 2.31. The van der Waals surface area contributed by atoms with E-state index in [4.69, 9.17) is 9.47 Å². The lowest BCUT2D eigenvalue weighted by Gasteiger charge is -2.37. The van der Waals surface area contributed by atoms with Crippen molar-refractivity contribution in [3.05, 3.63) is 66.4 Å². The van der Waals surface area contributed by atoms with Gasteiger partial charge in [0.25, 0.3) is 11.8 Å². The Morgan fingerprint density at radius 3 is 2.43 bits per heavy atom. The Hall–Kier alpha value is -3.61. The van der Waals surface area contributed by atoms with Crippen LogP contribution in [0.15, 0.2) is 60.8 Å². The molecule has 0 aliphatic carbocycles. The van der Waals surface area contributed by atoms with Crippen LogP contribution in [0, 0.1) is 0 Å². The van der Waals surface area contributed by atoms with E-state index in [0.717, 1.165) is 5.39 Å². The molecule has 30 heavy (non-hydrogen) atoms. The van der Waals surface area contributed by atoms with E-state index in [-0.39, 0.29) is 18.4 Å². The summed E-state index contributed by atoms with van der Waals surface area (Å²) in [6.07, 6.45) is 1.03. The van der Waals surface area contributed by atoms with E-state index < -0.39 is 6.10 Å². The lowest BCUT2D eigenvalue weighted by atomic mass is 10.1. The van der Waals surface area contributed by atoms with Gasteiger partial charge in [0.2, 0.25) is 6.10 Å². The third-order valence-corrected chi connectivity index (χ3v) is 5.53. The second kappa shape index (κ2) is 7.67. The van der Waals surface area contributed by atoms with Gasteiger partial charge in [0.15, 0.2) is 11.5 Å². The van der Waals surface area contributed by atoms with Crippen LogP contribution in [-0.4, -0.2) is 65.5 Å². The summed E-state index contributed by atoms with van der Waals surface area (Å²) >= 11 is 0. The fourth-order valence-corrected chi connectivity index (χ4v) is 3.92. The SMILES string of the molecule is O=C(c1cccc2cccnc12)N1CCN(C(=O)C2COc3ccccc3O2)CC1. The number of pyridine rings is 1. The minimum atomic E-state index is -0.663. The molecule has 0 saturated carbocycles. The maximum atomic E-state index is 13.1. The van der Waals surface area contributed by atoms with Crippen LogP contribution in [0.5, 0.6) is 11.5 Å². The number of piperazine rings is 1. The standard InChI is InChI=1S/C23H21N3O4/c27-22(17-7-3-5-16-6-4-10-24-21(16)17)25-11-13-26(14-12-25)23(28)20-15-29-18-8-1-2-9-19(18)30-20/h1-10,20H,11-15H2. The van der Waals surface area contributed by atoms with Gasteiger partial charge in [-0.25, -0.2) is 0 Å². The van der Waals surface area contributed by atoms with Crippen LogP contribution in [0.3, 0.4) is 0 Å². The van der Waals surface area contributed by atoms with Crippen LogP contribution >= 0.6 is 0 Å². The fourth-order valence-electron chi connectivity index (χ4n) is 3.92. The molecular weight excluding hydrogens is 382 g/mol. The zero-order chi connectivity index (χ0) is 20.5. The molecular formula is C23H21N3O4. The Labute approximate surface area is 173 Å². The summed E-state index contributed by atoms with van der Waals surface area (Å²) in [5.41, 5.74) is 1.29. The van der Waals surface area contributed by atoms with E-state index >= 15 is 0 Å². The first-order valence-corrected chi connectivity index (χ1v) is 10.0. The molecule has 2 aromatic carbocycles. The van der Waals surface area contributed by atoms with E-state index in [9.17, 15) is 9.59 Å². The van der Waals surface area contributed by atoms with E-state index in [1.807, 2.05) is 42.5 Å².